The smallest absolute Gasteiger partial charge is 0.265 e. The number of hydrogen-bond acceptors (Lipinski definition) is 2. The number of hydrogen-bond donors (Lipinski definition) is 1. The van der Waals surface area contributed by atoms with E-state index < -0.39 is 0 Å². The summed E-state index contributed by atoms with van der Waals surface area (Å²) in [6.07, 6.45) is 1.67. The second-order valence-corrected chi connectivity index (χ2v) is 5.81. The van der Waals surface area contributed by atoms with Crippen LogP contribution in [0.2, 0.25) is 0 Å². The van der Waals surface area contributed by atoms with Gasteiger partial charge in [-0.1, -0.05) is 38.1 Å². The van der Waals surface area contributed by atoms with Gasteiger partial charge in [0, 0.05) is 11.9 Å². The van der Waals surface area contributed by atoms with Gasteiger partial charge in [0.25, 0.3) is 5.56 Å². The van der Waals surface area contributed by atoms with E-state index in [1.165, 1.54) is 5.56 Å². The predicted octanol–water partition coefficient (Wildman–Crippen LogP) is 3.36. The van der Waals surface area contributed by atoms with Crippen LogP contribution in [0.15, 0.2) is 45.8 Å². The first kappa shape index (κ1) is 13.9. The molecule has 0 saturated carbocycles. The van der Waals surface area contributed by atoms with Gasteiger partial charge in [0.1, 0.15) is 0 Å². The number of nitrogen functional groups attached to an aromatic ring is 1. The molecule has 0 aliphatic carbocycles. The third-order valence-electron chi connectivity index (χ3n) is 3.06. The summed E-state index contributed by atoms with van der Waals surface area (Å²) in [5, 5.41) is 0. The van der Waals surface area contributed by atoms with Crippen LogP contribution in [0.5, 0.6) is 0 Å². The minimum atomic E-state index is -0.0675. The van der Waals surface area contributed by atoms with Crippen molar-refractivity contribution in [1.82, 2.24) is 4.57 Å². The van der Waals surface area contributed by atoms with Gasteiger partial charge in [0.2, 0.25) is 0 Å². The van der Waals surface area contributed by atoms with E-state index in [9.17, 15) is 4.79 Å². The Morgan fingerprint density at radius 3 is 2.47 bits per heavy atom. The molecule has 0 bridgehead atoms. The number of aromatic nitrogens is 1. The van der Waals surface area contributed by atoms with Gasteiger partial charge >= 0.3 is 0 Å². The number of benzene rings is 1. The summed E-state index contributed by atoms with van der Waals surface area (Å²) in [7, 11) is 0. The summed E-state index contributed by atoms with van der Waals surface area (Å²) in [6, 6.07) is 9.94. The molecule has 0 aliphatic rings. The van der Waals surface area contributed by atoms with Crippen LogP contribution >= 0.6 is 15.9 Å². The zero-order valence-electron chi connectivity index (χ0n) is 11.1. The molecule has 1 aromatic carbocycles. The van der Waals surface area contributed by atoms with E-state index in [1.54, 1.807) is 16.8 Å². The van der Waals surface area contributed by atoms with Crippen molar-refractivity contribution in [3.8, 4) is 0 Å². The monoisotopic (exact) mass is 320 g/mol. The first-order valence-electron chi connectivity index (χ1n) is 6.21. The number of anilines is 1. The lowest BCUT2D eigenvalue weighted by molar-refractivity contribution is 0.755. The second-order valence-electron chi connectivity index (χ2n) is 4.95. The fourth-order valence-corrected chi connectivity index (χ4v) is 2.44. The van der Waals surface area contributed by atoms with E-state index in [4.69, 9.17) is 5.73 Å². The molecule has 1 aromatic heterocycles. The number of rotatable bonds is 3. The standard InChI is InChI=1S/C15H17BrN2O/c1-10(2)12-5-3-11(4-6-12)8-18-9-13(17)7-14(16)15(18)19/h3-7,9-10H,8,17H2,1-2H3. The Morgan fingerprint density at radius 1 is 1.26 bits per heavy atom. The van der Waals surface area contributed by atoms with Crippen LogP contribution < -0.4 is 11.3 Å². The zero-order valence-corrected chi connectivity index (χ0v) is 12.6. The van der Waals surface area contributed by atoms with Crippen molar-refractivity contribution in [2.75, 3.05) is 5.73 Å². The molecule has 0 unspecified atom stereocenters. The van der Waals surface area contributed by atoms with E-state index in [0.29, 0.717) is 22.6 Å². The van der Waals surface area contributed by atoms with Gasteiger partial charge in [-0.3, -0.25) is 4.79 Å². The van der Waals surface area contributed by atoms with Crippen LogP contribution in [-0.2, 0) is 6.54 Å². The Labute approximate surface area is 121 Å². The third-order valence-corrected chi connectivity index (χ3v) is 3.63. The maximum absolute atomic E-state index is 12.0. The third kappa shape index (κ3) is 3.26. The van der Waals surface area contributed by atoms with Gasteiger partial charge < -0.3 is 10.3 Å². The minimum absolute atomic E-state index is 0.0675. The molecule has 0 spiro atoms. The van der Waals surface area contributed by atoms with Gasteiger partial charge in [0.15, 0.2) is 0 Å². The van der Waals surface area contributed by atoms with Crippen molar-refractivity contribution < 1.29 is 0 Å². The number of nitrogens with two attached hydrogens (primary N) is 1. The Morgan fingerprint density at radius 2 is 1.89 bits per heavy atom. The fourth-order valence-electron chi connectivity index (χ4n) is 1.94. The highest BCUT2D eigenvalue weighted by atomic mass is 79.9. The Kier molecular flexibility index (Phi) is 4.10. The van der Waals surface area contributed by atoms with Crippen molar-refractivity contribution in [1.29, 1.82) is 0 Å². The Hall–Kier alpha value is -1.55. The normalized spacial score (nSPS) is 10.9. The van der Waals surface area contributed by atoms with E-state index in [2.05, 4.69) is 54.0 Å². The molecular weight excluding hydrogens is 304 g/mol. The number of halogens is 1. The molecule has 3 nitrogen and oxygen atoms in total. The van der Waals surface area contributed by atoms with Crippen LogP contribution in [-0.4, -0.2) is 4.57 Å². The SMILES string of the molecule is CC(C)c1ccc(Cn2cc(N)cc(Br)c2=O)cc1. The average molecular weight is 321 g/mol. The lowest BCUT2D eigenvalue weighted by atomic mass is 10.0. The molecule has 2 N–H and O–H groups in total. The van der Waals surface area contributed by atoms with Crippen molar-refractivity contribution in [3.05, 3.63) is 62.5 Å². The molecule has 0 fully saturated rings. The van der Waals surface area contributed by atoms with E-state index in [-0.39, 0.29) is 5.56 Å². The lowest BCUT2D eigenvalue weighted by Crippen LogP contribution is -2.21. The van der Waals surface area contributed by atoms with Crippen LogP contribution in [0.1, 0.15) is 30.9 Å². The Bertz CT molecular complexity index is 630. The molecule has 0 radical (unpaired) electrons. The van der Waals surface area contributed by atoms with Crippen LogP contribution in [0.3, 0.4) is 0 Å². The Balaban J connectivity index is 2.29. The molecule has 100 valence electrons. The highest BCUT2D eigenvalue weighted by Crippen LogP contribution is 2.15. The van der Waals surface area contributed by atoms with Crippen molar-refractivity contribution in [2.45, 2.75) is 26.3 Å². The summed E-state index contributed by atoms with van der Waals surface area (Å²) in [5.41, 5.74) is 8.65. The zero-order chi connectivity index (χ0) is 14.0. The molecule has 2 rings (SSSR count). The van der Waals surface area contributed by atoms with Crippen LogP contribution in [0.25, 0.3) is 0 Å². The highest BCUT2D eigenvalue weighted by Gasteiger charge is 2.04. The van der Waals surface area contributed by atoms with Gasteiger partial charge in [-0.05, 0) is 39.0 Å². The summed E-state index contributed by atoms with van der Waals surface area (Å²) >= 11 is 3.23. The first-order valence-corrected chi connectivity index (χ1v) is 7.01. The topological polar surface area (TPSA) is 48.0 Å². The second kappa shape index (κ2) is 5.61. The fraction of sp³-hybridized carbons (Fsp3) is 0.267. The molecule has 4 heteroatoms. The van der Waals surface area contributed by atoms with Crippen LogP contribution in [0, 0.1) is 0 Å². The summed E-state index contributed by atoms with van der Waals surface area (Å²) in [4.78, 5) is 12.0. The molecule has 1 heterocycles. The predicted molar refractivity (Wildman–Crippen MR) is 82.4 cm³/mol. The number of pyridine rings is 1. The highest BCUT2D eigenvalue weighted by molar-refractivity contribution is 9.10. The molecule has 2 aromatic rings. The molecule has 19 heavy (non-hydrogen) atoms. The summed E-state index contributed by atoms with van der Waals surface area (Å²) in [5.74, 6) is 0.512. The van der Waals surface area contributed by atoms with Crippen molar-refractivity contribution in [2.24, 2.45) is 0 Å². The maximum Gasteiger partial charge on any atom is 0.265 e. The van der Waals surface area contributed by atoms with Gasteiger partial charge in [-0.15, -0.1) is 0 Å². The molecule has 0 atom stereocenters. The van der Waals surface area contributed by atoms with Gasteiger partial charge in [-0.25, -0.2) is 0 Å². The quantitative estimate of drug-likeness (QED) is 0.942. The summed E-state index contributed by atoms with van der Waals surface area (Å²) < 4.78 is 2.11. The van der Waals surface area contributed by atoms with Gasteiger partial charge in [0.05, 0.1) is 11.0 Å². The first-order chi connectivity index (χ1) is 8.97. The lowest BCUT2D eigenvalue weighted by Gasteiger charge is -2.10. The molecule has 0 amide bonds. The average Bonchev–Trinajstić information content (AvgIpc) is 2.36. The molecule has 0 saturated heterocycles. The van der Waals surface area contributed by atoms with E-state index in [1.807, 2.05) is 0 Å². The van der Waals surface area contributed by atoms with E-state index in [0.717, 1.165) is 5.56 Å². The molecular formula is C15H17BrN2O. The minimum Gasteiger partial charge on any atom is -0.398 e. The van der Waals surface area contributed by atoms with Gasteiger partial charge in [-0.2, -0.15) is 0 Å². The summed E-state index contributed by atoms with van der Waals surface area (Å²) in [6.45, 7) is 4.85. The molecule has 0 aliphatic heterocycles. The van der Waals surface area contributed by atoms with E-state index >= 15 is 0 Å². The maximum atomic E-state index is 12.0. The van der Waals surface area contributed by atoms with Crippen molar-refractivity contribution in [3.63, 3.8) is 0 Å². The number of nitrogens with zero attached hydrogens (tertiary/aromatic N) is 1. The van der Waals surface area contributed by atoms with Crippen molar-refractivity contribution >= 4 is 21.6 Å². The largest absolute Gasteiger partial charge is 0.398 e. The van der Waals surface area contributed by atoms with Crippen LogP contribution in [0.4, 0.5) is 5.69 Å².